The maximum Gasteiger partial charge on any atom is 0.186 e. The first kappa shape index (κ1) is 11.2. The van der Waals surface area contributed by atoms with Gasteiger partial charge >= 0.3 is 0 Å². The van der Waals surface area contributed by atoms with Crippen LogP contribution in [0.1, 0.15) is 39.0 Å². The number of hydrogen-bond acceptors (Lipinski definition) is 2. The molecule has 80 valence electrons. The zero-order valence-electron chi connectivity index (χ0n) is 9.42. The van der Waals surface area contributed by atoms with Crippen LogP contribution in [0.5, 0.6) is 0 Å². The van der Waals surface area contributed by atoms with E-state index in [0.717, 1.165) is 5.84 Å². The van der Waals surface area contributed by atoms with Crippen molar-refractivity contribution in [3.05, 3.63) is 0 Å². The van der Waals surface area contributed by atoms with Crippen LogP contribution in [0.3, 0.4) is 0 Å². The molecule has 3 nitrogen and oxygen atoms in total. The molecule has 0 aliphatic heterocycles. The molecule has 0 heterocycles. The lowest BCUT2D eigenvalue weighted by atomic mass is 9.88. The van der Waals surface area contributed by atoms with E-state index < -0.39 is 0 Å². The minimum absolute atomic E-state index is 0.554. The van der Waals surface area contributed by atoms with Crippen LogP contribution in [0.2, 0.25) is 0 Å². The van der Waals surface area contributed by atoms with Crippen LogP contribution < -0.4 is 0 Å². The van der Waals surface area contributed by atoms with Crippen LogP contribution in [0, 0.1) is 5.92 Å². The van der Waals surface area contributed by atoms with E-state index in [1.54, 1.807) is 7.11 Å². The van der Waals surface area contributed by atoms with Crippen molar-refractivity contribution in [1.29, 1.82) is 0 Å². The molecule has 14 heavy (non-hydrogen) atoms. The molecule has 0 amide bonds. The first-order chi connectivity index (χ1) is 6.77. The highest BCUT2D eigenvalue weighted by atomic mass is 16.5. The summed E-state index contributed by atoms with van der Waals surface area (Å²) in [5.41, 5.74) is 0. The number of methoxy groups -OCH3 is 1. The Morgan fingerprint density at radius 3 is 2.36 bits per heavy atom. The van der Waals surface area contributed by atoms with Gasteiger partial charge in [0.05, 0.1) is 7.11 Å². The van der Waals surface area contributed by atoms with Gasteiger partial charge in [-0.2, -0.15) is 0 Å². The summed E-state index contributed by atoms with van der Waals surface area (Å²) in [7, 11) is 3.46. The molecule has 1 rings (SSSR count). The van der Waals surface area contributed by atoms with Crippen LogP contribution in [-0.4, -0.2) is 25.9 Å². The van der Waals surface area contributed by atoms with Crippen molar-refractivity contribution in [2.75, 3.05) is 14.2 Å². The quantitative estimate of drug-likeness (QED) is 0.469. The number of ether oxygens (including phenoxy) is 1. The molecule has 0 aromatic carbocycles. The predicted octanol–water partition coefficient (Wildman–Crippen LogP) is 2.66. The molecule has 0 bridgehead atoms. The number of aliphatic imine (C=N–C) groups is 2. The van der Waals surface area contributed by atoms with Crippen molar-refractivity contribution >= 4 is 11.7 Å². The first-order valence-electron chi connectivity index (χ1n) is 5.34. The Morgan fingerprint density at radius 2 is 1.86 bits per heavy atom. The fourth-order valence-electron chi connectivity index (χ4n) is 1.89. The number of rotatable bonds is 1. The standard InChI is InChI=1S/C11H20N2O/c1-9(14-3)13-11(12-2)10-7-5-4-6-8-10/h10H,4-8H2,1-3H3. The topological polar surface area (TPSA) is 34.0 Å². The molecule has 0 unspecified atom stereocenters. The minimum Gasteiger partial charge on any atom is -0.484 e. The molecular weight excluding hydrogens is 176 g/mol. The first-order valence-corrected chi connectivity index (χ1v) is 5.34. The Balaban J connectivity index is 2.61. The van der Waals surface area contributed by atoms with E-state index in [9.17, 15) is 0 Å². The second-order valence-electron chi connectivity index (χ2n) is 3.75. The molecular formula is C11H20N2O. The van der Waals surface area contributed by atoms with Crippen molar-refractivity contribution in [2.45, 2.75) is 39.0 Å². The monoisotopic (exact) mass is 196 g/mol. The van der Waals surface area contributed by atoms with Crippen LogP contribution in [0.4, 0.5) is 0 Å². The number of hydrogen-bond donors (Lipinski definition) is 0. The third-order valence-electron chi connectivity index (χ3n) is 2.77. The average molecular weight is 196 g/mol. The molecule has 1 aliphatic carbocycles. The summed E-state index contributed by atoms with van der Waals surface area (Å²) in [4.78, 5) is 8.63. The Kier molecular flexibility index (Phi) is 4.63. The molecule has 0 atom stereocenters. The Labute approximate surface area is 86.3 Å². The van der Waals surface area contributed by atoms with Gasteiger partial charge in [-0.05, 0) is 12.8 Å². The molecule has 1 aliphatic rings. The van der Waals surface area contributed by atoms with Gasteiger partial charge in [-0.3, -0.25) is 4.99 Å². The summed E-state index contributed by atoms with van der Waals surface area (Å²) in [6.45, 7) is 1.87. The van der Waals surface area contributed by atoms with Crippen LogP contribution in [0.15, 0.2) is 9.98 Å². The van der Waals surface area contributed by atoms with E-state index in [4.69, 9.17) is 4.74 Å². The van der Waals surface area contributed by atoms with Gasteiger partial charge in [-0.15, -0.1) is 0 Å². The van der Waals surface area contributed by atoms with Crippen molar-refractivity contribution < 1.29 is 4.74 Å². The molecule has 1 fully saturated rings. The van der Waals surface area contributed by atoms with E-state index in [1.165, 1.54) is 32.1 Å². The van der Waals surface area contributed by atoms with Gasteiger partial charge in [-0.1, -0.05) is 19.3 Å². The van der Waals surface area contributed by atoms with Gasteiger partial charge in [0.15, 0.2) is 5.90 Å². The van der Waals surface area contributed by atoms with E-state index in [1.807, 2.05) is 14.0 Å². The van der Waals surface area contributed by atoms with Crippen molar-refractivity contribution in [3.63, 3.8) is 0 Å². The highest BCUT2D eigenvalue weighted by molar-refractivity contribution is 5.95. The summed E-state index contributed by atoms with van der Waals surface area (Å²) >= 11 is 0. The molecule has 0 radical (unpaired) electrons. The molecule has 0 saturated heterocycles. The summed E-state index contributed by atoms with van der Waals surface area (Å²) in [5, 5.41) is 0. The van der Waals surface area contributed by atoms with Crippen LogP contribution >= 0.6 is 0 Å². The maximum atomic E-state index is 5.04. The highest BCUT2D eigenvalue weighted by Gasteiger charge is 2.18. The number of amidine groups is 1. The SMILES string of the molecule is CN=C(N=C(C)OC)C1CCCCC1. The molecule has 0 N–H and O–H groups in total. The minimum atomic E-state index is 0.554. The molecule has 0 aromatic rings. The van der Waals surface area contributed by atoms with E-state index >= 15 is 0 Å². The summed E-state index contributed by atoms with van der Waals surface area (Å²) in [6.07, 6.45) is 6.44. The van der Waals surface area contributed by atoms with Gasteiger partial charge in [0, 0.05) is 19.9 Å². The van der Waals surface area contributed by atoms with E-state index in [-0.39, 0.29) is 0 Å². The van der Waals surface area contributed by atoms with Crippen molar-refractivity contribution in [2.24, 2.45) is 15.9 Å². The fraction of sp³-hybridized carbons (Fsp3) is 0.818. The molecule has 1 saturated carbocycles. The van der Waals surface area contributed by atoms with Crippen LogP contribution in [-0.2, 0) is 4.74 Å². The van der Waals surface area contributed by atoms with Gasteiger partial charge in [0.25, 0.3) is 0 Å². The van der Waals surface area contributed by atoms with Gasteiger partial charge in [0.2, 0.25) is 0 Å². The summed E-state index contributed by atoms with van der Waals surface area (Å²) in [6, 6.07) is 0. The largest absolute Gasteiger partial charge is 0.484 e. The third-order valence-corrected chi connectivity index (χ3v) is 2.77. The third kappa shape index (κ3) is 3.13. The molecule has 3 heteroatoms. The second-order valence-corrected chi connectivity index (χ2v) is 3.75. The Hall–Kier alpha value is -0.860. The Bertz CT molecular complexity index is 227. The zero-order valence-corrected chi connectivity index (χ0v) is 9.42. The number of nitrogens with zero attached hydrogens (tertiary/aromatic N) is 2. The predicted molar refractivity (Wildman–Crippen MR) is 60.1 cm³/mol. The smallest absolute Gasteiger partial charge is 0.186 e. The van der Waals surface area contributed by atoms with E-state index in [2.05, 4.69) is 9.98 Å². The lowest BCUT2D eigenvalue weighted by molar-refractivity contribution is 0.398. The zero-order chi connectivity index (χ0) is 10.4. The van der Waals surface area contributed by atoms with Crippen molar-refractivity contribution in [1.82, 2.24) is 0 Å². The lowest BCUT2D eigenvalue weighted by Crippen LogP contribution is -2.17. The Morgan fingerprint density at radius 1 is 1.21 bits per heavy atom. The fourth-order valence-corrected chi connectivity index (χ4v) is 1.89. The van der Waals surface area contributed by atoms with Gasteiger partial charge in [-0.25, -0.2) is 4.99 Å². The average Bonchev–Trinajstić information content (AvgIpc) is 2.26. The highest BCUT2D eigenvalue weighted by Crippen LogP contribution is 2.25. The summed E-state index contributed by atoms with van der Waals surface area (Å²) in [5.74, 6) is 2.22. The normalized spacial score (nSPS) is 21.1. The van der Waals surface area contributed by atoms with Crippen molar-refractivity contribution in [3.8, 4) is 0 Å². The van der Waals surface area contributed by atoms with Crippen LogP contribution in [0.25, 0.3) is 0 Å². The van der Waals surface area contributed by atoms with Gasteiger partial charge in [0.1, 0.15) is 5.84 Å². The summed E-state index contributed by atoms with van der Waals surface area (Å²) < 4.78 is 5.04. The second kappa shape index (κ2) is 5.78. The van der Waals surface area contributed by atoms with E-state index in [0.29, 0.717) is 11.8 Å². The van der Waals surface area contributed by atoms with Gasteiger partial charge < -0.3 is 4.74 Å². The molecule has 0 spiro atoms. The lowest BCUT2D eigenvalue weighted by Gasteiger charge is -2.20. The molecule has 0 aromatic heterocycles. The maximum absolute atomic E-state index is 5.04.